The second kappa shape index (κ2) is 5.12. The van der Waals surface area contributed by atoms with Crippen molar-refractivity contribution < 1.29 is 4.74 Å². The Balaban J connectivity index is 1.88. The second-order valence-corrected chi connectivity index (χ2v) is 5.80. The maximum atomic E-state index is 6.32. The first-order valence-electron chi connectivity index (χ1n) is 7.06. The lowest BCUT2D eigenvalue weighted by atomic mass is 9.93. The molecule has 2 heterocycles. The number of rotatable bonds is 1. The van der Waals surface area contributed by atoms with Crippen molar-refractivity contribution in [2.45, 2.75) is 19.0 Å². The Bertz CT molecular complexity index is 455. The summed E-state index contributed by atoms with van der Waals surface area (Å²) in [6, 6.07) is 6.84. The molecule has 2 aliphatic rings. The molecule has 0 bridgehead atoms. The van der Waals surface area contributed by atoms with Crippen LogP contribution in [0.4, 0.5) is 0 Å². The summed E-state index contributed by atoms with van der Waals surface area (Å²) in [5.74, 6) is 1.02. The van der Waals surface area contributed by atoms with Gasteiger partial charge in [0.15, 0.2) is 0 Å². The summed E-state index contributed by atoms with van der Waals surface area (Å²) in [6.07, 6.45) is 0. The number of nitrogens with zero attached hydrogens (tertiary/aromatic N) is 2. The quantitative estimate of drug-likeness (QED) is 0.819. The smallest absolute Gasteiger partial charge is 0.124 e. The van der Waals surface area contributed by atoms with Gasteiger partial charge >= 0.3 is 0 Å². The molecule has 1 aromatic rings. The van der Waals surface area contributed by atoms with Crippen LogP contribution >= 0.6 is 0 Å². The number of likely N-dealkylation sites (N-methyl/N-ethyl adjacent to an activating group) is 1. The molecule has 0 radical (unpaired) electrons. The molecule has 1 aromatic carbocycles. The SMILES string of the molecule is Cc1ccc2c(c1)OCC(N)C2N1CCN(C)CC1. The van der Waals surface area contributed by atoms with Gasteiger partial charge in [-0.1, -0.05) is 12.1 Å². The number of hydrogen-bond donors (Lipinski definition) is 1. The molecular weight excluding hydrogens is 238 g/mol. The van der Waals surface area contributed by atoms with E-state index < -0.39 is 0 Å². The minimum atomic E-state index is 0.0682. The predicted molar refractivity (Wildman–Crippen MR) is 76.5 cm³/mol. The molecule has 19 heavy (non-hydrogen) atoms. The molecule has 3 rings (SSSR count). The summed E-state index contributed by atoms with van der Waals surface area (Å²) in [5, 5.41) is 0. The Morgan fingerprint density at radius 2 is 1.95 bits per heavy atom. The third-order valence-corrected chi connectivity index (χ3v) is 4.26. The maximum Gasteiger partial charge on any atom is 0.124 e. The molecular formula is C15H23N3O. The van der Waals surface area contributed by atoms with E-state index in [1.54, 1.807) is 0 Å². The van der Waals surface area contributed by atoms with Crippen LogP contribution < -0.4 is 10.5 Å². The molecule has 4 heteroatoms. The molecule has 1 saturated heterocycles. The standard InChI is InChI=1S/C15H23N3O/c1-11-3-4-12-14(9-11)19-10-13(16)15(12)18-7-5-17(2)6-8-18/h3-4,9,13,15H,5-8,10,16H2,1-2H3. The lowest BCUT2D eigenvalue weighted by molar-refractivity contribution is 0.0724. The summed E-state index contributed by atoms with van der Waals surface area (Å²) >= 11 is 0. The Hall–Kier alpha value is -1.10. The van der Waals surface area contributed by atoms with Gasteiger partial charge in [0, 0.05) is 31.7 Å². The molecule has 0 amide bonds. The number of hydrogen-bond acceptors (Lipinski definition) is 4. The number of ether oxygens (including phenoxy) is 1. The largest absolute Gasteiger partial charge is 0.492 e. The number of nitrogens with two attached hydrogens (primary N) is 1. The lowest BCUT2D eigenvalue weighted by Crippen LogP contribution is -2.53. The van der Waals surface area contributed by atoms with Crippen molar-refractivity contribution in [3.05, 3.63) is 29.3 Å². The van der Waals surface area contributed by atoms with E-state index in [0.717, 1.165) is 31.9 Å². The molecule has 0 spiro atoms. The summed E-state index contributed by atoms with van der Waals surface area (Å²) in [7, 11) is 2.18. The zero-order chi connectivity index (χ0) is 13.4. The van der Waals surface area contributed by atoms with Gasteiger partial charge in [-0.3, -0.25) is 4.90 Å². The highest BCUT2D eigenvalue weighted by Gasteiger charge is 2.34. The third kappa shape index (κ3) is 2.48. The fourth-order valence-electron chi connectivity index (χ4n) is 3.09. The van der Waals surface area contributed by atoms with Crippen LogP contribution in [0.3, 0.4) is 0 Å². The average molecular weight is 261 g/mol. The van der Waals surface area contributed by atoms with E-state index in [0.29, 0.717) is 12.6 Å². The van der Waals surface area contributed by atoms with Gasteiger partial charge in [-0.2, -0.15) is 0 Å². The van der Waals surface area contributed by atoms with E-state index in [9.17, 15) is 0 Å². The van der Waals surface area contributed by atoms with Crippen LogP contribution in [-0.2, 0) is 0 Å². The summed E-state index contributed by atoms with van der Waals surface area (Å²) in [4.78, 5) is 4.89. The van der Waals surface area contributed by atoms with Crippen LogP contribution in [0.15, 0.2) is 18.2 Å². The van der Waals surface area contributed by atoms with Crippen molar-refractivity contribution in [1.29, 1.82) is 0 Å². The first kappa shape index (κ1) is 12.9. The number of aryl methyl sites for hydroxylation is 1. The van der Waals surface area contributed by atoms with E-state index in [4.69, 9.17) is 10.5 Å². The fraction of sp³-hybridized carbons (Fsp3) is 0.600. The van der Waals surface area contributed by atoms with E-state index in [1.165, 1.54) is 11.1 Å². The monoisotopic (exact) mass is 261 g/mol. The molecule has 2 unspecified atom stereocenters. The molecule has 2 N–H and O–H groups in total. The van der Waals surface area contributed by atoms with E-state index >= 15 is 0 Å². The number of fused-ring (bicyclic) bond motifs is 1. The van der Waals surface area contributed by atoms with Gasteiger partial charge in [0.05, 0.1) is 12.1 Å². The molecule has 2 aliphatic heterocycles. The van der Waals surface area contributed by atoms with E-state index in [1.807, 2.05) is 0 Å². The van der Waals surface area contributed by atoms with Gasteiger partial charge in [-0.15, -0.1) is 0 Å². The molecule has 0 saturated carbocycles. The molecule has 2 atom stereocenters. The molecule has 104 valence electrons. The first-order valence-corrected chi connectivity index (χ1v) is 7.06. The van der Waals surface area contributed by atoms with Crippen molar-refractivity contribution in [2.75, 3.05) is 39.8 Å². The van der Waals surface area contributed by atoms with E-state index in [2.05, 4.69) is 42.0 Å². The third-order valence-electron chi connectivity index (χ3n) is 4.26. The number of benzene rings is 1. The predicted octanol–water partition coefficient (Wildman–Crippen LogP) is 1.00. The first-order chi connectivity index (χ1) is 9.15. The summed E-state index contributed by atoms with van der Waals surface area (Å²) < 4.78 is 5.80. The van der Waals surface area contributed by atoms with Crippen LogP contribution in [0.2, 0.25) is 0 Å². The lowest BCUT2D eigenvalue weighted by Gasteiger charge is -2.43. The zero-order valence-electron chi connectivity index (χ0n) is 11.8. The molecule has 0 aliphatic carbocycles. The van der Waals surface area contributed by atoms with Crippen LogP contribution in [0.25, 0.3) is 0 Å². The van der Waals surface area contributed by atoms with Crippen molar-refractivity contribution in [2.24, 2.45) is 5.73 Å². The summed E-state index contributed by atoms with van der Waals surface area (Å²) in [6.45, 7) is 7.12. The van der Waals surface area contributed by atoms with Crippen molar-refractivity contribution >= 4 is 0 Å². The Morgan fingerprint density at radius 1 is 1.21 bits per heavy atom. The Kier molecular flexibility index (Phi) is 3.48. The van der Waals surface area contributed by atoms with Gasteiger partial charge in [0.2, 0.25) is 0 Å². The van der Waals surface area contributed by atoms with Crippen LogP contribution in [0.1, 0.15) is 17.2 Å². The summed E-state index contributed by atoms with van der Waals surface area (Å²) in [5.41, 5.74) is 8.82. The van der Waals surface area contributed by atoms with E-state index in [-0.39, 0.29) is 6.04 Å². The Labute approximate surface area is 115 Å². The van der Waals surface area contributed by atoms with Crippen molar-refractivity contribution in [1.82, 2.24) is 9.80 Å². The van der Waals surface area contributed by atoms with Gasteiger partial charge in [-0.05, 0) is 25.6 Å². The molecule has 0 aromatic heterocycles. The van der Waals surface area contributed by atoms with Gasteiger partial charge in [-0.25, -0.2) is 0 Å². The fourth-order valence-corrected chi connectivity index (χ4v) is 3.09. The zero-order valence-corrected chi connectivity index (χ0v) is 11.8. The van der Waals surface area contributed by atoms with Gasteiger partial charge < -0.3 is 15.4 Å². The number of piperazine rings is 1. The van der Waals surface area contributed by atoms with Crippen LogP contribution in [0, 0.1) is 6.92 Å². The highest BCUT2D eigenvalue weighted by atomic mass is 16.5. The van der Waals surface area contributed by atoms with Gasteiger partial charge in [0.25, 0.3) is 0 Å². The Morgan fingerprint density at radius 3 is 2.68 bits per heavy atom. The highest BCUT2D eigenvalue weighted by Crippen LogP contribution is 2.36. The topological polar surface area (TPSA) is 41.7 Å². The molecule has 1 fully saturated rings. The van der Waals surface area contributed by atoms with Crippen LogP contribution in [0.5, 0.6) is 5.75 Å². The van der Waals surface area contributed by atoms with Gasteiger partial charge in [0.1, 0.15) is 12.4 Å². The van der Waals surface area contributed by atoms with Crippen molar-refractivity contribution in [3.8, 4) is 5.75 Å². The average Bonchev–Trinajstić information content (AvgIpc) is 2.40. The van der Waals surface area contributed by atoms with Crippen molar-refractivity contribution in [3.63, 3.8) is 0 Å². The minimum absolute atomic E-state index is 0.0682. The highest BCUT2D eigenvalue weighted by molar-refractivity contribution is 5.41. The minimum Gasteiger partial charge on any atom is -0.492 e. The van der Waals surface area contributed by atoms with Crippen LogP contribution in [-0.4, -0.2) is 55.7 Å². The normalized spacial score (nSPS) is 28.8. The second-order valence-electron chi connectivity index (χ2n) is 5.80. The maximum absolute atomic E-state index is 6.32. The molecule has 4 nitrogen and oxygen atoms in total.